The van der Waals surface area contributed by atoms with E-state index in [1.165, 1.54) is 12.1 Å². The summed E-state index contributed by atoms with van der Waals surface area (Å²) in [6.07, 6.45) is 1.85. The molecular weight excluding hydrogens is 248 g/mol. The van der Waals surface area contributed by atoms with Crippen molar-refractivity contribution < 1.29 is 9.66 Å². The van der Waals surface area contributed by atoms with E-state index in [0.717, 1.165) is 5.82 Å². The summed E-state index contributed by atoms with van der Waals surface area (Å²) in [6.45, 7) is 1.06. The molecule has 1 heterocycles. The van der Waals surface area contributed by atoms with E-state index in [9.17, 15) is 10.1 Å². The third kappa shape index (κ3) is 3.70. The Balaban J connectivity index is 1.75. The molecule has 0 radical (unpaired) electrons. The summed E-state index contributed by atoms with van der Waals surface area (Å²) in [5.41, 5.74) is 0.0546. The van der Waals surface area contributed by atoms with Gasteiger partial charge in [-0.2, -0.15) is 5.10 Å². The third-order valence-electron chi connectivity index (χ3n) is 2.44. The van der Waals surface area contributed by atoms with E-state index < -0.39 is 4.92 Å². The van der Waals surface area contributed by atoms with Gasteiger partial charge in [-0.1, -0.05) is 0 Å². The second-order valence-corrected chi connectivity index (χ2v) is 3.90. The van der Waals surface area contributed by atoms with Crippen LogP contribution in [-0.2, 0) is 7.05 Å². The van der Waals surface area contributed by atoms with Crippen LogP contribution in [0.4, 0.5) is 11.5 Å². The van der Waals surface area contributed by atoms with Crippen molar-refractivity contribution in [2.45, 2.75) is 0 Å². The predicted molar refractivity (Wildman–Crippen MR) is 70.3 cm³/mol. The molecule has 19 heavy (non-hydrogen) atoms. The van der Waals surface area contributed by atoms with Gasteiger partial charge in [-0.3, -0.25) is 14.8 Å². The fourth-order valence-electron chi connectivity index (χ4n) is 1.52. The summed E-state index contributed by atoms with van der Waals surface area (Å²) in [5.74, 6) is 1.39. The summed E-state index contributed by atoms with van der Waals surface area (Å²) >= 11 is 0. The first-order valence-electron chi connectivity index (χ1n) is 5.76. The lowest BCUT2D eigenvalue weighted by atomic mass is 10.3. The summed E-state index contributed by atoms with van der Waals surface area (Å²) in [6, 6.07) is 7.87. The maximum Gasteiger partial charge on any atom is 0.269 e. The highest BCUT2D eigenvalue weighted by molar-refractivity contribution is 5.36. The molecule has 0 spiro atoms. The molecule has 0 bridgehead atoms. The smallest absolute Gasteiger partial charge is 0.269 e. The summed E-state index contributed by atoms with van der Waals surface area (Å²) in [4.78, 5) is 10.0. The average Bonchev–Trinajstić information content (AvgIpc) is 2.81. The number of aryl methyl sites for hydroxylation is 1. The molecule has 0 atom stereocenters. The van der Waals surface area contributed by atoms with Crippen LogP contribution in [0.3, 0.4) is 0 Å². The minimum Gasteiger partial charge on any atom is -0.492 e. The van der Waals surface area contributed by atoms with Gasteiger partial charge in [0, 0.05) is 31.4 Å². The Kier molecular flexibility index (Phi) is 3.97. The number of aromatic nitrogens is 2. The summed E-state index contributed by atoms with van der Waals surface area (Å²) in [5, 5.41) is 17.7. The third-order valence-corrected chi connectivity index (χ3v) is 2.44. The number of benzene rings is 1. The molecule has 1 aromatic heterocycles. The number of nitro groups is 1. The number of nitrogens with zero attached hydrogens (tertiary/aromatic N) is 3. The molecule has 0 fully saturated rings. The maximum absolute atomic E-state index is 10.5. The molecule has 0 amide bonds. The van der Waals surface area contributed by atoms with Gasteiger partial charge in [-0.25, -0.2) is 0 Å². The highest BCUT2D eigenvalue weighted by atomic mass is 16.6. The number of anilines is 1. The Labute approximate surface area is 110 Å². The number of hydrogen-bond acceptors (Lipinski definition) is 5. The molecule has 0 aliphatic rings. The molecule has 7 heteroatoms. The van der Waals surface area contributed by atoms with Crippen molar-refractivity contribution in [3.05, 3.63) is 46.6 Å². The van der Waals surface area contributed by atoms with Crippen molar-refractivity contribution in [1.29, 1.82) is 0 Å². The van der Waals surface area contributed by atoms with Crippen molar-refractivity contribution >= 4 is 11.5 Å². The van der Waals surface area contributed by atoms with E-state index in [4.69, 9.17) is 4.74 Å². The molecule has 1 aromatic carbocycles. The van der Waals surface area contributed by atoms with Crippen LogP contribution in [0.2, 0.25) is 0 Å². The Bertz CT molecular complexity index is 550. The van der Waals surface area contributed by atoms with Gasteiger partial charge in [0.1, 0.15) is 18.2 Å². The Hall–Kier alpha value is -2.57. The second kappa shape index (κ2) is 5.85. The molecule has 2 aromatic rings. The molecule has 0 aliphatic heterocycles. The van der Waals surface area contributed by atoms with E-state index >= 15 is 0 Å². The number of non-ortho nitro benzene ring substituents is 1. The second-order valence-electron chi connectivity index (χ2n) is 3.90. The van der Waals surface area contributed by atoms with E-state index in [1.807, 2.05) is 19.3 Å². The van der Waals surface area contributed by atoms with Crippen molar-refractivity contribution in [2.24, 2.45) is 7.05 Å². The van der Waals surface area contributed by atoms with Crippen molar-refractivity contribution in [2.75, 3.05) is 18.5 Å². The van der Waals surface area contributed by atoms with Gasteiger partial charge >= 0.3 is 0 Å². The van der Waals surface area contributed by atoms with Crippen LogP contribution in [0.1, 0.15) is 0 Å². The first-order valence-corrected chi connectivity index (χ1v) is 5.76. The van der Waals surface area contributed by atoms with Gasteiger partial charge < -0.3 is 10.1 Å². The normalized spacial score (nSPS) is 10.2. The zero-order chi connectivity index (χ0) is 13.7. The van der Waals surface area contributed by atoms with Crippen LogP contribution in [0, 0.1) is 10.1 Å². The summed E-state index contributed by atoms with van der Waals surface area (Å²) < 4.78 is 7.16. The number of rotatable bonds is 6. The molecule has 7 nitrogen and oxygen atoms in total. The monoisotopic (exact) mass is 262 g/mol. The molecule has 0 saturated carbocycles. The molecule has 100 valence electrons. The van der Waals surface area contributed by atoms with E-state index in [0.29, 0.717) is 18.9 Å². The van der Waals surface area contributed by atoms with Gasteiger partial charge in [0.05, 0.1) is 11.5 Å². The van der Waals surface area contributed by atoms with Gasteiger partial charge in [0.15, 0.2) is 0 Å². The van der Waals surface area contributed by atoms with Crippen LogP contribution in [-0.4, -0.2) is 27.9 Å². The number of nitrogens with one attached hydrogen (secondary N) is 1. The molecule has 1 N–H and O–H groups in total. The molecular formula is C12H14N4O3. The fraction of sp³-hybridized carbons (Fsp3) is 0.250. The Morgan fingerprint density at radius 3 is 2.68 bits per heavy atom. The van der Waals surface area contributed by atoms with Crippen LogP contribution >= 0.6 is 0 Å². The zero-order valence-corrected chi connectivity index (χ0v) is 10.4. The van der Waals surface area contributed by atoms with Crippen molar-refractivity contribution in [1.82, 2.24) is 9.78 Å². The molecule has 2 rings (SSSR count). The minimum atomic E-state index is -0.438. The highest BCUT2D eigenvalue weighted by Crippen LogP contribution is 2.17. The van der Waals surface area contributed by atoms with Crippen LogP contribution < -0.4 is 10.1 Å². The number of ether oxygens (including phenoxy) is 1. The van der Waals surface area contributed by atoms with E-state index in [1.54, 1.807) is 16.8 Å². The van der Waals surface area contributed by atoms with E-state index in [-0.39, 0.29) is 5.69 Å². The molecule has 0 unspecified atom stereocenters. The van der Waals surface area contributed by atoms with Gasteiger partial charge in [0.25, 0.3) is 5.69 Å². The lowest BCUT2D eigenvalue weighted by molar-refractivity contribution is -0.384. The number of nitro benzene ring substituents is 1. The maximum atomic E-state index is 10.5. The van der Waals surface area contributed by atoms with Crippen molar-refractivity contribution in [3.8, 4) is 5.75 Å². The minimum absolute atomic E-state index is 0.0546. The lowest BCUT2D eigenvalue weighted by Crippen LogP contribution is -2.12. The lowest BCUT2D eigenvalue weighted by Gasteiger charge is -2.06. The van der Waals surface area contributed by atoms with Crippen LogP contribution in [0.25, 0.3) is 0 Å². The topological polar surface area (TPSA) is 82.2 Å². The van der Waals surface area contributed by atoms with Crippen LogP contribution in [0.5, 0.6) is 5.75 Å². The quantitative estimate of drug-likeness (QED) is 0.488. The first-order chi connectivity index (χ1) is 9.15. The largest absolute Gasteiger partial charge is 0.492 e. The van der Waals surface area contributed by atoms with Crippen molar-refractivity contribution in [3.63, 3.8) is 0 Å². The van der Waals surface area contributed by atoms with Gasteiger partial charge in [-0.05, 0) is 12.1 Å². The highest BCUT2D eigenvalue weighted by Gasteiger charge is 2.04. The SMILES string of the molecule is Cn1ccc(NCCOc2ccc([N+](=O)[O-])cc2)n1. The number of hydrogen-bond donors (Lipinski definition) is 1. The summed E-state index contributed by atoms with van der Waals surface area (Å²) in [7, 11) is 1.85. The van der Waals surface area contributed by atoms with Gasteiger partial charge in [0.2, 0.25) is 0 Å². The average molecular weight is 262 g/mol. The zero-order valence-electron chi connectivity index (χ0n) is 10.4. The first kappa shape index (κ1) is 12.9. The molecule has 0 saturated heterocycles. The Morgan fingerprint density at radius 1 is 1.37 bits per heavy atom. The van der Waals surface area contributed by atoms with Crippen LogP contribution in [0.15, 0.2) is 36.5 Å². The Morgan fingerprint density at radius 2 is 2.11 bits per heavy atom. The molecule has 0 aliphatic carbocycles. The predicted octanol–water partition coefficient (Wildman–Crippen LogP) is 1.82. The standard InChI is InChI=1S/C12H14N4O3/c1-15-8-6-12(14-15)13-7-9-19-11-4-2-10(3-5-11)16(17)18/h2-6,8H,7,9H2,1H3,(H,13,14). The van der Waals surface area contributed by atoms with Gasteiger partial charge in [-0.15, -0.1) is 0 Å². The fourth-order valence-corrected chi connectivity index (χ4v) is 1.52. The van der Waals surface area contributed by atoms with E-state index in [2.05, 4.69) is 10.4 Å².